The molecule has 1 aliphatic rings. The number of hydrogen-bond acceptors (Lipinski definition) is 7. The van der Waals surface area contributed by atoms with Crippen molar-refractivity contribution in [2.24, 2.45) is 0 Å². The van der Waals surface area contributed by atoms with E-state index in [1.807, 2.05) is 35.2 Å². The Hall–Kier alpha value is -3.54. The van der Waals surface area contributed by atoms with Crippen LogP contribution in [0.5, 0.6) is 5.75 Å². The number of aryl methyl sites for hydroxylation is 1. The molecule has 2 aromatic heterocycles. The van der Waals surface area contributed by atoms with Gasteiger partial charge in [0.15, 0.2) is 10.2 Å². The Morgan fingerprint density at radius 1 is 1.11 bits per heavy atom. The lowest BCUT2D eigenvalue weighted by Gasteiger charge is -2.26. The number of sulfonamides is 1. The molecule has 1 fully saturated rings. The van der Waals surface area contributed by atoms with Crippen LogP contribution in [0.25, 0.3) is 0 Å². The van der Waals surface area contributed by atoms with Crippen LogP contribution in [0.2, 0.25) is 0 Å². The normalized spacial score (nSPS) is 17.3. The van der Waals surface area contributed by atoms with Gasteiger partial charge in [0.05, 0.1) is 30.8 Å². The van der Waals surface area contributed by atoms with Crippen molar-refractivity contribution in [1.29, 1.82) is 0 Å². The molecule has 3 heterocycles. The van der Waals surface area contributed by atoms with Crippen LogP contribution in [-0.2, 0) is 10.0 Å². The average molecular weight is 567 g/mol. The van der Waals surface area contributed by atoms with E-state index in [9.17, 15) is 8.42 Å². The summed E-state index contributed by atoms with van der Waals surface area (Å²) in [6, 6.07) is 22.5. The number of benzene rings is 2. The smallest absolute Gasteiger partial charge is 0.229 e. The van der Waals surface area contributed by atoms with Crippen LogP contribution in [0.3, 0.4) is 0 Å². The quantitative estimate of drug-likeness (QED) is 0.261. The molecule has 0 unspecified atom stereocenters. The van der Waals surface area contributed by atoms with Crippen molar-refractivity contribution in [2.75, 3.05) is 23.0 Å². The molecule has 1 aliphatic heterocycles. The molecule has 0 radical (unpaired) electrons. The Morgan fingerprint density at radius 2 is 1.89 bits per heavy atom. The van der Waals surface area contributed by atoms with Gasteiger partial charge in [0, 0.05) is 22.8 Å². The van der Waals surface area contributed by atoms with Crippen molar-refractivity contribution in [1.82, 2.24) is 10.3 Å². The van der Waals surface area contributed by atoms with Crippen molar-refractivity contribution < 1.29 is 17.6 Å². The highest BCUT2D eigenvalue weighted by molar-refractivity contribution is 7.99. The molecule has 8 nitrogen and oxygen atoms in total. The monoisotopic (exact) mass is 566 g/mol. The summed E-state index contributed by atoms with van der Waals surface area (Å²) in [4.78, 5) is 7.60. The van der Waals surface area contributed by atoms with Crippen molar-refractivity contribution in [2.45, 2.75) is 29.0 Å². The second kappa shape index (κ2) is 10.7. The van der Waals surface area contributed by atoms with E-state index in [1.54, 1.807) is 36.2 Å². The molecule has 0 aliphatic carbocycles. The number of nitrogens with one attached hydrogen (secondary N) is 2. The number of thiocarbonyl (C=S) groups is 1. The van der Waals surface area contributed by atoms with Gasteiger partial charge in [-0.15, -0.1) is 0 Å². The van der Waals surface area contributed by atoms with Gasteiger partial charge >= 0.3 is 0 Å². The first-order valence-electron chi connectivity index (χ1n) is 11.7. The van der Waals surface area contributed by atoms with Gasteiger partial charge in [-0.2, -0.15) is 0 Å². The van der Waals surface area contributed by atoms with Gasteiger partial charge in [-0.3, -0.25) is 9.71 Å². The van der Waals surface area contributed by atoms with Crippen LogP contribution in [-0.4, -0.2) is 31.9 Å². The van der Waals surface area contributed by atoms with Crippen molar-refractivity contribution in [3.63, 3.8) is 0 Å². The second-order valence-electron chi connectivity index (χ2n) is 8.83. The summed E-state index contributed by atoms with van der Waals surface area (Å²) in [5.41, 5.74) is 3.06. The summed E-state index contributed by atoms with van der Waals surface area (Å²) in [6.07, 6.45) is 2.84. The van der Waals surface area contributed by atoms with E-state index < -0.39 is 10.0 Å². The third-order valence-corrected chi connectivity index (χ3v) is 7.82. The molecule has 38 heavy (non-hydrogen) atoms. The van der Waals surface area contributed by atoms with E-state index >= 15 is 0 Å². The van der Waals surface area contributed by atoms with E-state index in [0.717, 1.165) is 21.9 Å². The van der Waals surface area contributed by atoms with Gasteiger partial charge in [-0.25, -0.2) is 8.42 Å². The fourth-order valence-electron chi connectivity index (χ4n) is 4.31. The molecular weight excluding hydrogens is 541 g/mol. The first-order valence-corrected chi connectivity index (χ1v) is 14.8. The highest BCUT2D eigenvalue weighted by Crippen LogP contribution is 2.44. The van der Waals surface area contributed by atoms with Crippen molar-refractivity contribution in [3.05, 3.63) is 96.0 Å². The zero-order valence-corrected chi connectivity index (χ0v) is 23.4. The molecule has 0 saturated carbocycles. The third kappa shape index (κ3) is 5.64. The predicted octanol–water partition coefficient (Wildman–Crippen LogP) is 5.69. The SMILES string of the molecule is COc1cc(N2C(=S)N[C@H](c3ccccn3)[C@H]2c2ccc(Sc3ccc(C)cc3)o2)ccc1NS(C)(=O)=O. The van der Waals surface area contributed by atoms with Crippen LogP contribution in [0.4, 0.5) is 11.4 Å². The lowest BCUT2D eigenvalue weighted by Crippen LogP contribution is -2.29. The Kier molecular flexibility index (Phi) is 7.33. The number of pyridine rings is 1. The molecule has 196 valence electrons. The van der Waals surface area contributed by atoms with Gasteiger partial charge < -0.3 is 19.4 Å². The molecule has 1 saturated heterocycles. The number of nitrogens with zero attached hydrogens (tertiary/aromatic N) is 2. The predicted molar refractivity (Wildman–Crippen MR) is 153 cm³/mol. The Bertz CT molecular complexity index is 1560. The van der Waals surface area contributed by atoms with Gasteiger partial charge in [0.25, 0.3) is 0 Å². The number of rotatable bonds is 8. The molecule has 11 heteroatoms. The number of methoxy groups -OCH3 is 1. The lowest BCUT2D eigenvalue weighted by molar-refractivity contribution is 0.383. The van der Waals surface area contributed by atoms with Crippen LogP contribution in [0.1, 0.15) is 29.1 Å². The van der Waals surface area contributed by atoms with E-state index in [0.29, 0.717) is 28.0 Å². The van der Waals surface area contributed by atoms with Crippen molar-refractivity contribution in [3.8, 4) is 5.75 Å². The molecule has 0 spiro atoms. The minimum Gasteiger partial charge on any atom is -0.494 e. The van der Waals surface area contributed by atoms with Gasteiger partial charge in [0.2, 0.25) is 10.0 Å². The molecule has 2 N–H and O–H groups in total. The minimum atomic E-state index is -3.48. The summed E-state index contributed by atoms with van der Waals surface area (Å²) < 4.78 is 38.0. The number of aromatic nitrogens is 1. The highest BCUT2D eigenvalue weighted by Gasteiger charge is 2.42. The fraction of sp³-hybridized carbons (Fsp3) is 0.185. The maximum absolute atomic E-state index is 11.8. The van der Waals surface area contributed by atoms with Gasteiger partial charge in [0.1, 0.15) is 17.6 Å². The van der Waals surface area contributed by atoms with E-state index in [1.165, 1.54) is 12.7 Å². The fourth-order valence-corrected chi connectivity index (χ4v) is 6.00. The standard InChI is InChI=1S/C27H26N4O4S3/c1-17-7-10-19(11-8-17)37-24-14-13-22(35-24)26-25(21-6-4-5-15-28-21)29-27(36)31(26)18-9-12-20(23(16-18)34-2)30-38(3,32)33/h4-16,25-26,30H,1-3H3,(H,29,36)/t25-,26-/m1/s1. The Labute approximate surface area is 231 Å². The summed E-state index contributed by atoms with van der Waals surface area (Å²) in [6.45, 7) is 2.06. The van der Waals surface area contributed by atoms with Gasteiger partial charge in [-0.05, 0) is 67.7 Å². The molecule has 4 aromatic rings. The molecular formula is C27H26N4O4S3. The summed E-state index contributed by atoms with van der Waals surface area (Å²) in [7, 11) is -2.00. The third-order valence-electron chi connectivity index (χ3n) is 5.99. The van der Waals surface area contributed by atoms with Crippen LogP contribution < -0.4 is 19.7 Å². The van der Waals surface area contributed by atoms with Crippen LogP contribution >= 0.6 is 24.0 Å². The first-order chi connectivity index (χ1) is 18.2. The molecule has 2 aromatic carbocycles. The summed E-state index contributed by atoms with van der Waals surface area (Å²) in [5, 5.41) is 4.64. The Balaban J connectivity index is 1.54. The largest absolute Gasteiger partial charge is 0.494 e. The zero-order valence-electron chi connectivity index (χ0n) is 20.9. The van der Waals surface area contributed by atoms with Crippen molar-refractivity contribution >= 4 is 50.5 Å². The van der Waals surface area contributed by atoms with E-state index in [-0.39, 0.29) is 12.1 Å². The molecule has 0 amide bonds. The second-order valence-corrected chi connectivity index (χ2v) is 12.0. The van der Waals surface area contributed by atoms with Gasteiger partial charge in [-0.1, -0.05) is 35.5 Å². The van der Waals surface area contributed by atoms with Crippen LogP contribution in [0.15, 0.2) is 93.4 Å². The topological polar surface area (TPSA) is 96.7 Å². The van der Waals surface area contributed by atoms with Crippen LogP contribution in [0, 0.1) is 6.92 Å². The highest BCUT2D eigenvalue weighted by atomic mass is 32.2. The average Bonchev–Trinajstić information content (AvgIpc) is 3.49. The summed E-state index contributed by atoms with van der Waals surface area (Å²) >= 11 is 7.33. The first kappa shape index (κ1) is 26.1. The molecule has 5 rings (SSSR count). The maximum Gasteiger partial charge on any atom is 0.229 e. The molecule has 0 bridgehead atoms. The lowest BCUT2D eigenvalue weighted by atomic mass is 10.0. The van der Waals surface area contributed by atoms with E-state index in [2.05, 4.69) is 46.2 Å². The Morgan fingerprint density at radius 3 is 2.58 bits per heavy atom. The number of furan rings is 1. The zero-order chi connectivity index (χ0) is 26.9. The molecule has 2 atom stereocenters. The summed E-state index contributed by atoms with van der Waals surface area (Å²) in [5.74, 6) is 1.07. The van der Waals surface area contributed by atoms with E-state index in [4.69, 9.17) is 21.4 Å². The number of anilines is 2. The maximum atomic E-state index is 11.8. The number of hydrogen-bond donors (Lipinski definition) is 2. The number of ether oxygens (including phenoxy) is 1. The minimum absolute atomic E-state index is 0.285.